The van der Waals surface area contributed by atoms with E-state index >= 15 is 0 Å². The van der Waals surface area contributed by atoms with E-state index in [1.807, 2.05) is 22.1 Å². The predicted molar refractivity (Wildman–Crippen MR) is 85.1 cm³/mol. The van der Waals surface area contributed by atoms with Crippen LogP contribution in [0.2, 0.25) is 0 Å². The minimum atomic E-state index is 0.218. The maximum absolute atomic E-state index is 4.21. The number of hydrogen-bond acceptors (Lipinski definition) is 4. The molecule has 0 aliphatic carbocycles. The zero-order valence-electron chi connectivity index (χ0n) is 11.9. The summed E-state index contributed by atoms with van der Waals surface area (Å²) in [7, 11) is 0. The van der Waals surface area contributed by atoms with Crippen LogP contribution < -0.4 is 5.32 Å². The van der Waals surface area contributed by atoms with Crippen molar-refractivity contribution >= 4 is 11.3 Å². The molecule has 0 aliphatic rings. The lowest BCUT2D eigenvalue weighted by atomic mass is 10.1. The van der Waals surface area contributed by atoms with Crippen LogP contribution in [0.4, 0.5) is 0 Å². The summed E-state index contributed by atoms with van der Waals surface area (Å²) in [5, 5.41) is 7.83. The smallest absolute Gasteiger partial charge is 0.137 e. The van der Waals surface area contributed by atoms with Gasteiger partial charge >= 0.3 is 0 Å². The van der Waals surface area contributed by atoms with Crippen molar-refractivity contribution in [3.8, 4) is 0 Å². The molecular formula is C16H18N4S. The molecule has 0 unspecified atom stereocenters. The summed E-state index contributed by atoms with van der Waals surface area (Å²) in [5.74, 6) is 0. The molecule has 0 aliphatic heterocycles. The summed E-state index contributed by atoms with van der Waals surface area (Å²) in [6, 6.07) is 15.0. The standard InChI is InChI=1S/C16H18N4S/c1-13-7-8-15(21-13)9-18-16(10-20-12-17-11-19-20)14-5-3-2-4-6-14/h2-8,11-12,16,18H,9-10H2,1H3/t16-/m1/s1. The highest BCUT2D eigenvalue weighted by Crippen LogP contribution is 2.18. The van der Waals surface area contributed by atoms with Crippen LogP contribution in [0.5, 0.6) is 0 Å². The van der Waals surface area contributed by atoms with Gasteiger partial charge in [-0.1, -0.05) is 30.3 Å². The fraction of sp³-hybridized carbons (Fsp3) is 0.250. The summed E-state index contributed by atoms with van der Waals surface area (Å²) in [5.41, 5.74) is 1.27. The molecule has 5 heteroatoms. The van der Waals surface area contributed by atoms with Crippen molar-refractivity contribution in [3.05, 3.63) is 70.4 Å². The average Bonchev–Trinajstić information content (AvgIpc) is 3.16. The second kappa shape index (κ2) is 6.65. The number of nitrogens with one attached hydrogen (secondary N) is 1. The van der Waals surface area contributed by atoms with Gasteiger partial charge in [-0.15, -0.1) is 11.3 Å². The number of thiophene rings is 1. The fourth-order valence-electron chi connectivity index (χ4n) is 2.29. The third kappa shape index (κ3) is 3.77. The number of benzene rings is 1. The van der Waals surface area contributed by atoms with Crippen molar-refractivity contribution < 1.29 is 0 Å². The Morgan fingerprint density at radius 1 is 1.19 bits per heavy atom. The second-order valence-electron chi connectivity index (χ2n) is 4.97. The Morgan fingerprint density at radius 2 is 2.05 bits per heavy atom. The molecule has 1 aromatic carbocycles. The average molecular weight is 298 g/mol. The second-order valence-corrected chi connectivity index (χ2v) is 6.35. The Labute approximate surface area is 128 Å². The molecule has 1 atom stereocenters. The maximum atomic E-state index is 4.21. The van der Waals surface area contributed by atoms with E-state index in [4.69, 9.17) is 0 Å². The highest BCUT2D eigenvalue weighted by atomic mass is 32.1. The normalized spacial score (nSPS) is 12.4. The van der Waals surface area contributed by atoms with Gasteiger partial charge in [0.25, 0.3) is 0 Å². The van der Waals surface area contributed by atoms with Gasteiger partial charge in [-0.3, -0.25) is 4.68 Å². The van der Waals surface area contributed by atoms with Crippen LogP contribution in [-0.4, -0.2) is 14.8 Å². The summed E-state index contributed by atoms with van der Waals surface area (Å²) in [6.45, 7) is 3.78. The lowest BCUT2D eigenvalue weighted by molar-refractivity contribution is 0.438. The molecule has 0 amide bonds. The van der Waals surface area contributed by atoms with Crippen LogP contribution in [0.3, 0.4) is 0 Å². The first kappa shape index (κ1) is 14.0. The Kier molecular flexibility index (Phi) is 4.43. The van der Waals surface area contributed by atoms with E-state index in [0.29, 0.717) is 0 Å². The quantitative estimate of drug-likeness (QED) is 0.760. The number of rotatable bonds is 6. The molecule has 2 aromatic heterocycles. The molecule has 4 nitrogen and oxygen atoms in total. The van der Waals surface area contributed by atoms with Crippen LogP contribution in [0, 0.1) is 6.92 Å². The van der Waals surface area contributed by atoms with Crippen LogP contribution in [0.15, 0.2) is 55.1 Å². The summed E-state index contributed by atoms with van der Waals surface area (Å²) in [6.07, 6.45) is 3.33. The highest BCUT2D eigenvalue weighted by molar-refractivity contribution is 7.11. The molecule has 0 radical (unpaired) electrons. The molecule has 0 fully saturated rings. The van der Waals surface area contributed by atoms with Gasteiger partial charge in [0.1, 0.15) is 12.7 Å². The Bertz CT molecular complexity index is 661. The van der Waals surface area contributed by atoms with Crippen molar-refractivity contribution in [1.29, 1.82) is 0 Å². The van der Waals surface area contributed by atoms with E-state index in [-0.39, 0.29) is 6.04 Å². The molecule has 108 valence electrons. The Morgan fingerprint density at radius 3 is 2.71 bits per heavy atom. The van der Waals surface area contributed by atoms with Crippen molar-refractivity contribution in [2.45, 2.75) is 26.1 Å². The van der Waals surface area contributed by atoms with E-state index in [9.17, 15) is 0 Å². The zero-order chi connectivity index (χ0) is 14.5. The SMILES string of the molecule is Cc1ccc(CN[C@H](Cn2cncn2)c2ccccc2)s1. The Balaban J connectivity index is 1.72. The van der Waals surface area contributed by atoms with Gasteiger partial charge < -0.3 is 5.32 Å². The number of nitrogens with zero attached hydrogens (tertiary/aromatic N) is 3. The molecule has 0 spiro atoms. The van der Waals surface area contributed by atoms with Crippen LogP contribution >= 0.6 is 11.3 Å². The van der Waals surface area contributed by atoms with Gasteiger partial charge in [-0.25, -0.2) is 4.98 Å². The van der Waals surface area contributed by atoms with Gasteiger partial charge in [0, 0.05) is 16.3 Å². The van der Waals surface area contributed by atoms with Crippen molar-refractivity contribution in [3.63, 3.8) is 0 Å². The van der Waals surface area contributed by atoms with Crippen LogP contribution in [0.1, 0.15) is 21.4 Å². The molecule has 1 N–H and O–H groups in total. The van der Waals surface area contributed by atoms with E-state index in [0.717, 1.165) is 13.1 Å². The largest absolute Gasteiger partial charge is 0.303 e. The highest BCUT2D eigenvalue weighted by Gasteiger charge is 2.12. The third-order valence-corrected chi connectivity index (χ3v) is 4.36. The maximum Gasteiger partial charge on any atom is 0.137 e. The first-order valence-electron chi connectivity index (χ1n) is 6.97. The van der Waals surface area contributed by atoms with E-state index < -0.39 is 0 Å². The van der Waals surface area contributed by atoms with Gasteiger partial charge in [0.05, 0.1) is 12.6 Å². The van der Waals surface area contributed by atoms with E-state index in [1.54, 1.807) is 12.7 Å². The molecule has 0 bridgehead atoms. The molecule has 2 heterocycles. The van der Waals surface area contributed by atoms with Gasteiger partial charge in [-0.2, -0.15) is 5.10 Å². The number of aryl methyl sites for hydroxylation is 1. The Hall–Kier alpha value is -1.98. The molecule has 0 saturated carbocycles. The van der Waals surface area contributed by atoms with Crippen molar-refractivity contribution in [1.82, 2.24) is 20.1 Å². The minimum Gasteiger partial charge on any atom is -0.303 e. The summed E-state index contributed by atoms with van der Waals surface area (Å²) >= 11 is 1.84. The fourth-order valence-corrected chi connectivity index (χ4v) is 3.13. The lowest BCUT2D eigenvalue weighted by Crippen LogP contribution is -2.25. The first-order valence-corrected chi connectivity index (χ1v) is 7.79. The summed E-state index contributed by atoms with van der Waals surface area (Å²) in [4.78, 5) is 6.72. The number of aromatic nitrogens is 3. The molecule has 3 rings (SSSR count). The van der Waals surface area contributed by atoms with Crippen LogP contribution in [-0.2, 0) is 13.1 Å². The lowest BCUT2D eigenvalue weighted by Gasteiger charge is -2.18. The van der Waals surface area contributed by atoms with Crippen molar-refractivity contribution in [2.24, 2.45) is 0 Å². The first-order chi connectivity index (χ1) is 10.3. The van der Waals surface area contributed by atoms with Gasteiger partial charge in [-0.05, 0) is 24.6 Å². The van der Waals surface area contributed by atoms with Crippen LogP contribution in [0.25, 0.3) is 0 Å². The monoisotopic (exact) mass is 298 g/mol. The topological polar surface area (TPSA) is 42.7 Å². The minimum absolute atomic E-state index is 0.218. The molecular weight excluding hydrogens is 280 g/mol. The van der Waals surface area contributed by atoms with E-state index in [2.05, 4.69) is 58.7 Å². The summed E-state index contributed by atoms with van der Waals surface area (Å²) < 4.78 is 1.87. The van der Waals surface area contributed by atoms with Gasteiger partial charge in [0.2, 0.25) is 0 Å². The third-order valence-electron chi connectivity index (χ3n) is 3.36. The molecule has 0 saturated heterocycles. The molecule has 21 heavy (non-hydrogen) atoms. The predicted octanol–water partition coefficient (Wildman–Crippen LogP) is 3.18. The zero-order valence-corrected chi connectivity index (χ0v) is 12.8. The number of hydrogen-bond donors (Lipinski definition) is 1. The van der Waals surface area contributed by atoms with Gasteiger partial charge in [0.15, 0.2) is 0 Å². The van der Waals surface area contributed by atoms with Crippen molar-refractivity contribution in [2.75, 3.05) is 0 Å². The van der Waals surface area contributed by atoms with E-state index in [1.165, 1.54) is 15.3 Å². The molecule has 3 aromatic rings.